The molecule has 0 radical (unpaired) electrons. The molecule has 0 aliphatic rings. The van der Waals surface area contributed by atoms with Gasteiger partial charge in [-0.1, -0.05) is 13.8 Å². The number of hydrogen-bond donors (Lipinski definition) is 1. The summed E-state index contributed by atoms with van der Waals surface area (Å²) < 4.78 is 5.04. The molecule has 0 rings (SSSR count). The third-order valence-electron chi connectivity index (χ3n) is 2.60. The van der Waals surface area contributed by atoms with Gasteiger partial charge < -0.3 is 15.0 Å². The van der Waals surface area contributed by atoms with Crippen molar-refractivity contribution in [1.82, 2.24) is 10.2 Å². The second kappa shape index (κ2) is 6.86. The topological polar surface area (TPSA) is 41.6 Å². The Morgan fingerprint density at radius 3 is 2.38 bits per heavy atom. The molecule has 0 aromatic heterocycles. The Labute approximate surface area is 99.3 Å². The molecule has 0 saturated carbocycles. The molecule has 0 aliphatic carbocycles. The monoisotopic (exact) mass is 230 g/mol. The Morgan fingerprint density at radius 2 is 2.00 bits per heavy atom. The maximum absolute atomic E-state index is 12.2. The Hall–Kier alpha value is -0.610. The van der Waals surface area contributed by atoms with Crippen molar-refractivity contribution < 1.29 is 9.53 Å². The van der Waals surface area contributed by atoms with Gasteiger partial charge in [0.2, 0.25) is 5.91 Å². The smallest absolute Gasteiger partial charge is 0.242 e. The molecule has 4 heteroatoms. The minimum Gasteiger partial charge on any atom is -0.383 e. The lowest BCUT2D eigenvalue weighted by Crippen LogP contribution is -2.54. The van der Waals surface area contributed by atoms with E-state index >= 15 is 0 Å². The summed E-state index contributed by atoms with van der Waals surface area (Å²) in [6.45, 7) is 10.0. The third kappa shape index (κ3) is 4.94. The number of methoxy groups -OCH3 is 1. The van der Waals surface area contributed by atoms with Gasteiger partial charge in [0.05, 0.1) is 12.1 Å². The fourth-order valence-electron chi connectivity index (χ4n) is 1.42. The van der Waals surface area contributed by atoms with Crippen LogP contribution in [0.2, 0.25) is 0 Å². The molecule has 96 valence electrons. The molecule has 1 N–H and O–H groups in total. The van der Waals surface area contributed by atoms with Crippen molar-refractivity contribution in [2.75, 3.05) is 33.9 Å². The Morgan fingerprint density at radius 1 is 1.44 bits per heavy atom. The van der Waals surface area contributed by atoms with E-state index < -0.39 is 5.54 Å². The fraction of sp³-hybridized carbons (Fsp3) is 0.917. The number of likely N-dealkylation sites (N-methyl/N-ethyl adjacent to an activating group) is 1. The first-order valence-electron chi connectivity index (χ1n) is 5.82. The normalized spacial score (nSPS) is 11.9. The molecule has 0 bridgehead atoms. The van der Waals surface area contributed by atoms with Gasteiger partial charge in [0.1, 0.15) is 0 Å². The van der Waals surface area contributed by atoms with Crippen molar-refractivity contribution in [2.45, 2.75) is 33.2 Å². The van der Waals surface area contributed by atoms with Gasteiger partial charge in [-0.2, -0.15) is 0 Å². The number of carbonyl (C=O) groups excluding carboxylic acids is 1. The van der Waals surface area contributed by atoms with Gasteiger partial charge in [0.25, 0.3) is 0 Å². The Balaban J connectivity index is 4.54. The summed E-state index contributed by atoms with van der Waals surface area (Å²) in [5, 5.41) is 3.04. The highest BCUT2D eigenvalue weighted by Crippen LogP contribution is 2.09. The number of nitrogens with one attached hydrogen (secondary N) is 1. The van der Waals surface area contributed by atoms with E-state index in [4.69, 9.17) is 4.74 Å². The Bertz CT molecular complexity index is 215. The van der Waals surface area contributed by atoms with Crippen LogP contribution in [-0.2, 0) is 9.53 Å². The lowest BCUT2D eigenvalue weighted by atomic mass is 10.0. The number of amides is 1. The average molecular weight is 230 g/mol. The second-order valence-electron chi connectivity index (χ2n) is 5.01. The first kappa shape index (κ1) is 15.4. The van der Waals surface area contributed by atoms with Crippen LogP contribution in [0, 0.1) is 5.92 Å². The van der Waals surface area contributed by atoms with E-state index in [9.17, 15) is 4.79 Å². The second-order valence-corrected chi connectivity index (χ2v) is 5.01. The summed E-state index contributed by atoms with van der Waals surface area (Å²) in [6.07, 6.45) is 0. The van der Waals surface area contributed by atoms with Crippen LogP contribution in [0.3, 0.4) is 0 Å². The molecule has 4 nitrogen and oxygen atoms in total. The highest BCUT2D eigenvalue weighted by atomic mass is 16.5. The molecule has 16 heavy (non-hydrogen) atoms. The zero-order valence-electron chi connectivity index (χ0n) is 11.5. The predicted octanol–water partition coefficient (Wildman–Crippen LogP) is 1.12. The number of nitrogens with zero attached hydrogens (tertiary/aromatic N) is 1. The molecule has 0 spiro atoms. The average Bonchev–Trinajstić information content (AvgIpc) is 2.22. The summed E-state index contributed by atoms with van der Waals surface area (Å²) >= 11 is 0. The molecular weight excluding hydrogens is 204 g/mol. The molecule has 0 fully saturated rings. The third-order valence-corrected chi connectivity index (χ3v) is 2.60. The van der Waals surface area contributed by atoms with Crippen LogP contribution < -0.4 is 5.32 Å². The van der Waals surface area contributed by atoms with Gasteiger partial charge in [-0.3, -0.25) is 4.79 Å². The van der Waals surface area contributed by atoms with E-state index in [1.807, 2.05) is 25.8 Å². The van der Waals surface area contributed by atoms with Gasteiger partial charge in [-0.05, 0) is 26.8 Å². The predicted molar refractivity (Wildman–Crippen MR) is 66.4 cm³/mol. The summed E-state index contributed by atoms with van der Waals surface area (Å²) in [7, 11) is 3.46. The van der Waals surface area contributed by atoms with Gasteiger partial charge >= 0.3 is 0 Å². The first-order valence-corrected chi connectivity index (χ1v) is 5.82. The number of rotatable bonds is 7. The van der Waals surface area contributed by atoms with E-state index in [2.05, 4.69) is 19.2 Å². The molecule has 0 unspecified atom stereocenters. The maximum Gasteiger partial charge on any atom is 0.242 e. The van der Waals surface area contributed by atoms with Crippen LogP contribution in [0.4, 0.5) is 0 Å². The van der Waals surface area contributed by atoms with Crippen LogP contribution in [-0.4, -0.2) is 50.2 Å². The van der Waals surface area contributed by atoms with Crippen molar-refractivity contribution >= 4 is 5.91 Å². The van der Waals surface area contributed by atoms with Crippen LogP contribution in [0.5, 0.6) is 0 Å². The molecular formula is C12H26N2O2. The highest BCUT2D eigenvalue weighted by molar-refractivity contribution is 5.85. The largest absolute Gasteiger partial charge is 0.383 e. The summed E-state index contributed by atoms with van der Waals surface area (Å²) in [5.41, 5.74) is -0.511. The quantitative estimate of drug-likeness (QED) is 0.712. The number of hydrogen-bond acceptors (Lipinski definition) is 3. The van der Waals surface area contributed by atoms with Crippen molar-refractivity contribution in [3.8, 4) is 0 Å². The van der Waals surface area contributed by atoms with Crippen LogP contribution in [0.1, 0.15) is 27.7 Å². The van der Waals surface area contributed by atoms with Crippen molar-refractivity contribution in [2.24, 2.45) is 5.92 Å². The van der Waals surface area contributed by atoms with Gasteiger partial charge in [0, 0.05) is 20.2 Å². The minimum absolute atomic E-state index is 0.126. The molecule has 0 atom stereocenters. The summed E-state index contributed by atoms with van der Waals surface area (Å²) in [6, 6.07) is 0. The van der Waals surface area contributed by atoms with Gasteiger partial charge in [-0.15, -0.1) is 0 Å². The minimum atomic E-state index is -0.511. The zero-order chi connectivity index (χ0) is 12.8. The van der Waals surface area contributed by atoms with Crippen molar-refractivity contribution in [3.05, 3.63) is 0 Å². The van der Waals surface area contributed by atoms with E-state index in [1.54, 1.807) is 7.11 Å². The van der Waals surface area contributed by atoms with Crippen LogP contribution in [0.15, 0.2) is 0 Å². The fourth-order valence-corrected chi connectivity index (χ4v) is 1.42. The lowest BCUT2D eigenvalue weighted by molar-refractivity contribution is -0.138. The number of carbonyl (C=O) groups is 1. The lowest BCUT2D eigenvalue weighted by Gasteiger charge is -2.32. The SMILES string of the molecule is CNC(C)(C)C(=O)N(CCOC)CC(C)C. The van der Waals surface area contributed by atoms with Crippen molar-refractivity contribution in [3.63, 3.8) is 0 Å². The van der Waals surface area contributed by atoms with Crippen molar-refractivity contribution in [1.29, 1.82) is 0 Å². The van der Waals surface area contributed by atoms with Crippen LogP contribution >= 0.6 is 0 Å². The highest BCUT2D eigenvalue weighted by Gasteiger charge is 2.30. The van der Waals surface area contributed by atoms with E-state index in [0.29, 0.717) is 19.1 Å². The van der Waals surface area contributed by atoms with Crippen LogP contribution in [0.25, 0.3) is 0 Å². The molecule has 0 saturated heterocycles. The molecule has 0 heterocycles. The first-order chi connectivity index (χ1) is 7.35. The number of ether oxygens (including phenoxy) is 1. The standard InChI is InChI=1S/C12H26N2O2/c1-10(2)9-14(7-8-16-6)11(15)12(3,4)13-5/h10,13H,7-9H2,1-6H3. The molecule has 0 aliphatic heterocycles. The maximum atomic E-state index is 12.2. The molecule has 0 aromatic carbocycles. The van der Waals surface area contributed by atoms with Gasteiger partial charge in [-0.25, -0.2) is 0 Å². The zero-order valence-corrected chi connectivity index (χ0v) is 11.5. The van der Waals surface area contributed by atoms with Gasteiger partial charge in [0.15, 0.2) is 0 Å². The summed E-state index contributed by atoms with van der Waals surface area (Å²) in [5.74, 6) is 0.592. The van der Waals surface area contributed by atoms with E-state index in [-0.39, 0.29) is 5.91 Å². The van der Waals surface area contributed by atoms with E-state index in [1.165, 1.54) is 0 Å². The summed E-state index contributed by atoms with van der Waals surface area (Å²) in [4.78, 5) is 14.1. The molecule has 0 aromatic rings. The Kier molecular flexibility index (Phi) is 6.60. The van der Waals surface area contributed by atoms with E-state index in [0.717, 1.165) is 6.54 Å². The molecule has 1 amide bonds.